The summed E-state index contributed by atoms with van der Waals surface area (Å²) in [5.74, 6) is -0.199. The maximum Gasteiger partial charge on any atom is 0.253 e. The van der Waals surface area contributed by atoms with E-state index in [1.807, 2.05) is 20.8 Å². The molecule has 0 aliphatic heterocycles. The van der Waals surface area contributed by atoms with Gasteiger partial charge in [0.05, 0.1) is 22.3 Å². The number of hydrogen-bond donors (Lipinski definition) is 1. The molecule has 0 unspecified atom stereocenters. The Bertz CT molecular complexity index is 607. The van der Waals surface area contributed by atoms with Gasteiger partial charge in [-0.2, -0.15) is 0 Å². The summed E-state index contributed by atoms with van der Waals surface area (Å²) >= 11 is 7.60. The fraction of sp³-hybridized carbons (Fsp3) is 0.357. The van der Waals surface area contributed by atoms with Crippen molar-refractivity contribution in [3.63, 3.8) is 0 Å². The molecule has 1 amide bonds. The number of rotatable bonds is 4. The van der Waals surface area contributed by atoms with E-state index in [1.165, 1.54) is 11.1 Å². The first-order valence-corrected chi connectivity index (χ1v) is 7.56. The van der Waals surface area contributed by atoms with E-state index < -0.39 is 0 Å². The SMILES string of the molecule is CC[C@@H](NC(=O)c1ccncc1Cl)c1nc(C)c(C)s1. The number of carbonyl (C=O) groups is 1. The third kappa shape index (κ3) is 3.16. The highest BCUT2D eigenvalue weighted by Crippen LogP contribution is 2.25. The molecule has 4 nitrogen and oxygen atoms in total. The van der Waals surface area contributed by atoms with Gasteiger partial charge >= 0.3 is 0 Å². The van der Waals surface area contributed by atoms with Crippen LogP contribution in [0.2, 0.25) is 5.02 Å². The number of aryl methyl sites for hydroxylation is 2. The molecule has 0 bridgehead atoms. The number of thiazole rings is 1. The molecule has 1 atom stereocenters. The van der Waals surface area contributed by atoms with Crippen LogP contribution < -0.4 is 5.32 Å². The first-order chi connectivity index (χ1) is 9.52. The maximum atomic E-state index is 12.3. The number of amides is 1. The quantitative estimate of drug-likeness (QED) is 0.937. The van der Waals surface area contributed by atoms with Crippen molar-refractivity contribution in [3.05, 3.63) is 44.6 Å². The van der Waals surface area contributed by atoms with E-state index in [1.54, 1.807) is 23.6 Å². The van der Waals surface area contributed by atoms with Crippen LogP contribution in [0.5, 0.6) is 0 Å². The Balaban J connectivity index is 2.18. The second kappa shape index (κ2) is 6.33. The van der Waals surface area contributed by atoms with Gasteiger partial charge in [-0.1, -0.05) is 18.5 Å². The van der Waals surface area contributed by atoms with Crippen molar-refractivity contribution in [2.45, 2.75) is 33.2 Å². The lowest BCUT2D eigenvalue weighted by atomic mass is 10.2. The average Bonchev–Trinajstić information content (AvgIpc) is 2.76. The van der Waals surface area contributed by atoms with Gasteiger partial charge in [0, 0.05) is 17.3 Å². The monoisotopic (exact) mass is 309 g/mol. The largest absolute Gasteiger partial charge is 0.343 e. The summed E-state index contributed by atoms with van der Waals surface area (Å²) in [5.41, 5.74) is 1.45. The van der Waals surface area contributed by atoms with Crippen molar-refractivity contribution in [2.75, 3.05) is 0 Å². The Kier molecular flexibility index (Phi) is 4.73. The molecule has 1 N–H and O–H groups in total. The lowest BCUT2D eigenvalue weighted by Gasteiger charge is -2.14. The molecule has 0 aliphatic carbocycles. The lowest BCUT2D eigenvalue weighted by Crippen LogP contribution is -2.28. The molecule has 6 heteroatoms. The highest BCUT2D eigenvalue weighted by molar-refractivity contribution is 7.11. The van der Waals surface area contributed by atoms with Crippen LogP contribution in [0.15, 0.2) is 18.5 Å². The summed E-state index contributed by atoms with van der Waals surface area (Å²) in [6.07, 6.45) is 3.80. The van der Waals surface area contributed by atoms with Crippen LogP contribution in [-0.2, 0) is 0 Å². The molecule has 0 saturated heterocycles. The molecule has 0 fully saturated rings. The smallest absolute Gasteiger partial charge is 0.253 e. The Morgan fingerprint density at radius 3 is 2.80 bits per heavy atom. The maximum absolute atomic E-state index is 12.3. The average molecular weight is 310 g/mol. The topological polar surface area (TPSA) is 54.9 Å². The number of carbonyl (C=O) groups excluding carboxylic acids is 1. The molecule has 0 aromatic carbocycles. The molecule has 0 saturated carbocycles. The highest BCUT2D eigenvalue weighted by Gasteiger charge is 2.19. The normalized spacial score (nSPS) is 12.2. The zero-order valence-electron chi connectivity index (χ0n) is 11.6. The molecule has 2 aromatic rings. The van der Waals surface area contributed by atoms with Crippen LogP contribution in [-0.4, -0.2) is 15.9 Å². The van der Waals surface area contributed by atoms with Crippen LogP contribution in [0.25, 0.3) is 0 Å². The van der Waals surface area contributed by atoms with Crippen molar-refractivity contribution in [1.29, 1.82) is 0 Å². The number of aromatic nitrogens is 2. The Hall–Kier alpha value is -1.46. The molecule has 2 rings (SSSR count). The van der Waals surface area contributed by atoms with Gasteiger partial charge in [0.2, 0.25) is 0 Å². The van der Waals surface area contributed by atoms with Crippen molar-refractivity contribution in [2.24, 2.45) is 0 Å². The number of pyridine rings is 1. The van der Waals surface area contributed by atoms with Crippen LogP contribution in [0, 0.1) is 13.8 Å². The predicted molar refractivity (Wildman–Crippen MR) is 81.3 cm³/mol. The molecule has 106 valence electrons. The summed E-state index contributed by atoms with van der Waals surface area (Å²) < 4.78 is 0. The highest BCUT2D eigenvalue weighted by atomic mass is 35.5. The first kappa shape index (κ1) is 14.9. The van der Waals surface area contributed by atoms with Gasteiger partial charge in [-0.05, 0) is 26.3 Å². The van der Waals surface area contributed by atoms with E-state index in [4.69, 9.17) is 11.6 Å². The summed E-state index contributed by atoms with van der Waals surface area (Å²) in [6.45, 7) is 6.03. The zero-order chi connectivity index (χ0) is 14.7. The van der Waals surface area contributed by atoms with Gasteiger partial charge in [0.1, 0.15) is 5.01 Å². The van der Waals surface area contributed by atoms with E-state index in [0.717, 1.165) is 17.1 Å². The molecule has 20 heavy (non-hydrogen) atoms. The number of halogens is 1. The molecule has 0 spiro atoms. The number of hydrogen-bond acceptors (Lipinski definition) is 4. The summed E-state index contributed by atoms with van der Waals surface area (Å²) in [4.78, 5) is 21.8. The van der Waals surface area contributed by atoms with Gasteiger partial charge in [-0.25, -0.2) is 4.98 Å². The minimum atomic E-state index is -0.199. The standard InChI is InChI=1S/C14H16ClN3OS/c1-4-12(14-17-8(2)9(3)20-14)18-13(19)10-5-6-16-7-11(10)15/h5-7,12H,4H2,1-3H3,(H,18,19)/t12-/m1/s1. The summed E-state index contributed by atoms with van der Waals surface area (Å²) in [7, 11) is 0. The van der Waals surface area contributed by atoms with Gasteiger partial charge in [0.25, 0.3) is 5.91 Å². The predicted octanol–water partition coefficient (Wildman–Crippen LogP) is 3.69. The molecular formula is C14H16ClN3OS. The van der Waals surface area contributed by atoms with Crippen LogP contribution in [0.3, 0.4) is 0 Å². The van der Waals surface area contributed by atoms with E-state index in [2.05, 4.69) is 15.3 Å². The van der Waals surface area contributed by atoms with Crippen molar-refractivity contribution in [1.82, 2.24) is 15.3 Å². The zero-order valence-corrected chi connectivity index (χ0v) is 13.2. The number of nitrogens with one attached hydrogen (secondary N) is 1. The second-order valence-corrected chi connectivity index (χ2v) is 6.13. The summed E-state index contributed by atoms with van der Waals surface area (Å²) in [5, 5.41) is 4.26. The van der Waals surface area contributed by atoms with Crippen molar-refractivity contribution in [3.8, 4) is 0 Å². The molecule has 2 heterocycles. The number of nitrogens with zero attached hydrogens (tertiary/aromatic N) is 2. The Morgan fingerprint density at radius 2 is 2.25 bits per heavy atom. The third-order valence-electron chi connectivity index (χ3n) is 3.07. The van der Waals surface area contributed by atoms with E-state index in [-0.39, 0.29) is 11.9 Å². The summed E-state index contributed by atoms with van der Waals surface area (Å²) in [6, 6.07) is 1.52. The van der Waals surface area contributed by atoms with Crippen LogP contribution >= 0.6 is 22.9 Å². The third-order valence-corrected chi connectivity index (χ3v) is 4.56. The second-order valence-electron chi connectivity index (χ2n) is 4.48. The lowest BCUT2D eigenvalue weighted by molar-refractivity contribution is 0.0935. The minimum absolute atomic E-state index is 0.0934. The molecule has 0 aliphatic rings. The first-order valence-electron chi connectivity index (χ1n) is 6.37. The van der Waals surface area contributed by atoms with Gasteiger partial charge < -0.3 is 5.32 Å². The van der Waals surface area contributed by atoms with Crippen LogP contribution in [0.4, 0.5) is 0 Å². The Morgan fingerprint density at radius 1 is 1.50 bits per heavy atom. The fourth-order valence-corrected chi connectivity index (χ4v) is 3.04. The van der Waals surface area contributed by atoms with E-state index in [0.29, 0.717) is 10.6 Å². The van der Waals surface area contributed by atoms with E-state index >= 15 is 0 Å². The molecular weight excluding hydrogens is 294 g/mol. The Labute approximate surface area is 127 Å². The van der Waals surface area contributed by atoms with Crippen molar-refractivity contribution >= 4 is 28.8 Å². The minimum Gasteiger partial charge on any atom is -0.343 e. The van der Waals surface area contributed by atoms with Gasteiger partial charge in [0.15, 0.2) is 0 Å². The fourth-order valence-electron chi connectivity index (χ4n) is 1.78. The molecule has 0 radical (unpaired) electrons. The molecule has 2 aromatic heterocycles. The van der Waals surface area contributed by atoms with Crippen molar-refractivity contribution < 1.29 is 4.79 Å². The van der Waals surface area contributed by atoms with E-state index in [9.17, 15) is 4.79 Å². The van der Waals surface area contributed by atoms with Gasteiger partial charge in [-0.3, -0.25) is 9.78 Å². The van der Waals surface area contributed by atoms with Gasteiger partial charge in [-0.15, -0.1) is 11.3 Å². The van der Waals surface area contributed by atoms with Crippen LogP contribution in [0.1, 0.15) is 45.3 Å².